The summed E-state index contributed by atoms with van der Waals surface area (Å²) in [5.74, 6) is 0.772. The maximum absolute atomic E-state index is 6.32. The van der Waals surface area contributed by atoms with Crippen LogP contribution in [0.1, 0.15) is 24.8 Å². The third-order valence-corrected chi connectivity index (χ3v) is 5.21. The first kappa shape index (κ1) is 15.6. The minimum absolute atomic E-state index is 0.0321. The summed E-state index contributed by atoms with van der Waals surface area (Å²) in [5.41, 5.74) is 1.20. The fourth-order valence-corrected chi connectivity index (χ4v) is 3.96. The van der Waals surface area contributed by atoms with Crippen molar-refractivity contribution in [3.63, 3.8) is 0 Å². The summed E-state index contributed by atoms with van der Waals surface area (Å²) in [7, 11) is 2.06. The minimum atomic E-state index is -0.0321. The van der Waals surface area contributed by atoms with Gasteiger partial charge in [0.25, 0.3) is 0 Å². The molecule has 0 bridgehead atoms. The lowest BCUT2D eigenvalue weighted by molar-refractivity contribution is -0.0533. The van der Waals surface area contributed by atoms with Gasteiger partial charge in [-0.1, -0.05) is 0 Å². The molecule has 6 heteroatoms. The number of hydrogen-bond acceptors (Lipinski definition) is 6. The first-order chi connectivity index (χ1) is 11.7. The summed E-state index contributed by atoms with van der Waals surface area (Å²) in [5, 5.41) is 0. The fourth-order valence-electron chi connectivity index (χ4n) is 3.96. The number of aromatic nitrogens is 2. The molecule has 0 amide bonds. The highest BCUT2D eigenvalue weighted by Gasteiger charge is 2.44. The van der Waals surface area contributed by atoms with Gasteiger partial charge in [-0.05, 0) is 31.5 Å². The SMILES string of the molecule is CN(c1ncccn1)[C@H]1CO[C@]2(CCCN(Cc3ccoc3)C2)C1. The Bertz CT molecular complexity index is 648. The lowest BCUT2D eigenvalue weighted by Gasteiger charge is -2.39. The molecule has 0 radical (unpaired) electrons. The van der Waals surface area contributed by atoms with Crippen molar-refractivity contribution in [2.24, 2.45) is 0 Å². The molecular formula is C18H24N4O2. The van der Waals surface area contributed by atoms with Crippen molar-refractivity contribution in [3.05, 3.63) is 42.6 Å². The first-order valence-electron chi connectivity index (χ1n) is 8.61. The molecule has 4 heterocycles. The molecule has 0 saturated carbocycles. The molecule has 2 aliphatic heterocycles. The quantitative estimate of drug-likeness (QED) is 0.859. The van der Waals surface area contributed by atoms with Crippen molar-refractivity contribution >= 4 is 5.95 Å². The lowest BCUT2D eigenvalue weighted by Crippen LogP contribution is -2.48. The average Bonchev–Trinajstić information content (AvgIpc) is 3.26. The molecule has 0 unspecified atom stereocenters. The zero-order valence-electron chi connectivity index (χ0n) is 14.1. The van der Waals surface area contributed by atoms with E-state index >= 15 is 0 Å². The van der Waals surface area contributed by atoms with Gasteiger partial charge >= 0.3 is 0 Å². The molecule has 6 nitrogen and oxygen atoms in total. The van der Waals surface area contributed by atoms with Crippen molar-refractivity contribution in [3.8, 4) is 0 Å². The second-order valence-corrected chi connectivity index (χ2v) is 6.96. The van der Waals surface area contributed by atoms with E-state index in [1.807, 2.05) is 18.4 Å². The zero-order valence-corrected chi connectivity index (χ0v) is 14.1. The molecule has 2 aliphatic rings. The van der Waals surface area contributed by atoms with Crippen LogP contribution in [-0.2, 0) is 11.3 Å². The maximum Gasteiger partial charge on any atom is 0.225 e. The highest BCUT2D eigenvalue weighted by Crippen LogP contribution is 2.37. The van der Waals surface area contributed by atoms with Crippen molar-refractivity contribution in [2.45, 2.75) is 37.5 Å². The van der Waals surface area contributed by atoms with Gasteiger partial charge in [-0.15, -0.1) is 0 Å². The van der Waals surface area contributed by atoms with Crippen LogP contribution in [0.3, 0.4) is 0 Å². The Hall–Kier alpha value is -1.92. The number of rotatable bonds is 4. The monoisotopic (exact) mass is 328 g/mol. The molecular weight excluding hydrogens is 304 g/mol. The van der Waals surface area contributed by atoms with E-state index in [2.05, 4.69) is 26.8 Å². The van der Waals surface area contributed by atoms with Gasteiger partial charge in [-0.2, -0.15) is 0 Å². The molecule has 24 heavy (non-hydrogen) atoms. The number of likely N-dealkylation sites (tertiary alicyclic amines) is 1. The van der Waals surface area contributed by atoms with Crippen LogP contribution in [0, 0.1) is 0 Å². The van der Waals surface area contributed by atoms with Gasteiger partial charge < -0.3 is 14.1 Å². The molecule has 2 fully saturated rings. The summed E-state index contributed by atoms with van der Waals surface area (Å²) >= 11 is 0. The molecule has 0 aromatic carbocycles. The Labute approximate surface area is 142 Å². The Kier molecular flexibility index (Phi) is 4.24. The minimum Gasteiger partial charge on any atom is -0.472 e. The molecule has 2 saturated heterocycles. The van der Waals surface area contributed by atoms with E-state index < -0.39 is 0 Å². The van der Waals surface area contributed by atoms with Crippen LogP contribution >= 0.6 is 0 Å². The highest BCUT2D eigenvalue weighted by atomic mass is 16.5. The smallest absolute Gasteiger partial charge is 0.225 e. The van der Waals surface area contributed by atoms with E-state index in [1.54, 1.807) is 18.7 Å². The van der Waals surface area contributed by atoms with Gasteiger partial charge in [0.1, 0.15) is 0 Å². The third-order valence-electron chi connectivity index (χ3n) is 5.21. The lowest BCUT2D eigenvalue weighted by atomic mass is 9.88. The molecule has 2 atom stereocenters. The summed E-state index contributed by atoms with van der Waals surface area (Å²) in [6.07, 6.45) is 10.5. The average molecular weight is 328 g/mol. The molecule has 4 rings (SSSR count). The summed E-state index contributed by atoms with van der Waals surface area (Å²) in [4.78, 5) is 13.4. The van der Waals surface area contributed by atoms with Crippen LogP contribution in [0.25, 0.3) is 0 Å². The highest BCUT2D eigenvalue weighted by molar-refractivity contribution is 5.30. The van der Waals surface area contributed by atoms with Crippen LogP contribution < -0.4 is 4.90 Å². The number of furan rings is 1. The third kappa shape index (κ3) is 3.16. The Morgan fingerprint density at radius 3 is 3.04 bits per heavy atom. The van der Waals surface area contributed by atoms with Crippen molar-refractivity contribution in [1.29, 1.82) is 0 Å². The van der Waals surface area contributed by atoms with Gasteiger partial charge in [-0.3, -0.25) is 4.90 Å². The van der Waals surface area contributed by atoms with Gasteiger partial charge in [-0.25, -0.2) is 9.97 Å². The number of ether oxygens (including phenoxy) is 1. The number of hydrogen-bond donors (Lipinski definition) is 0. The normalized spacial score (nSPS) is 27.6. The van der Waals surface area contributed by atoms with Crippen LogP contribution in [0.15, 0.2) is 41.5 Å². The zero-order chi connectivity index (χ0) is 16.4. The standard InChI is InChI=1S/C18H24N4O2/c1-21(17-19-6-3-7-20-17)16-10-18(24-13-16)5-2-8-22(14-18)11-15-4-9-23-12-15/h3-4,6-7,9,12,16H,2,5,8,10-11,13-14H2,1H3/t16-,18-/m1/s1. The van der Waals surface area contributed by atoms with Crippen LogP contribution in [0.2, 0.25) is 0 Å². The second kappa shape index (κ2) is 6.53. The molecule has 0 N–H and O–H groups in total. The van der Waals surface area contributed by atoms with Crippen molar-refractivity contribution < 1.29 is 9.15 Å². The molecule has 0 aliphatic carbocycles. The number of anilines is 1. The van der Waals surface area contributed by atoms with E-state index in [0.29, 0.717) is 6.04 Å². The van der Waals surface area contributed by atoms with Gasteiger partial charge in [0, 0.05) is 44.5 Å². The summed E-state index contributed by atoms with van der Waals surface area (Å²) < 4.78 is 11.5. The van der Waals surface area contributed by atoms with Gasteiger partial charge in [0.05, 0.1) is 30.8 Å². The second-order valence-electron chi connectivity index (χ2n) is 6.96. The number of likely N-dealkylation sites (N-methyl/N-ethyl adjacent to an activating group) is 1. The molecule has 1 spiro atoms. The van der Waals surface area contributed by atoms with E-state index in [0.717, 1.165) is 45.0 Å². The van der Waals surface area contributed by atoms with Gasteiger partial charge in [0.15, 0.2) is 0 Å². The van der Waals surface area contributed by atoms with E-state index in [4.69, 9.17) is 9.15 Å². The number of piperidine rings is 1. The predicted octanol–water partition coefficient (Wildman–Crippen LogP) is 2.33. The maximum atomic E-state index is 6.32. The molecule has 2 aromatic heterocycles. The Morgan fingerprint density at radius 2 is 2.25 bits per heavy atom. The predicted molar refractivity (Wildman–Crippen MR) is 90.7 cm³/mol. The largest absolute Gasteiger partial charge is 0.472 e. The Morgan fingerprint density at radius 1 is 1.38 bits per heavy atom. The van der Waals surface area contributed by atoms with E-state index in [-0.39, 0.29) is 5.60 Å². The Balaban J connectivity index is 1.41. The molecule has 128 valence electrons. The first-order valence-corrected chi connectivity index (χ1v) is 8.61. The summed E-state index contributed by atoms with van der Waals surface area (Å²) in [6.45, 7) is 3.79. The van der Waals surface area contributed by atoms with E-state index in [9.17, 15) is 0 Å². The number of nitrogens with zero attached hydrogens (tertiary/aromatic N) is 4. The van der Waals surface area contributed by atoms with E-state index in [1.165, 1.54) is 12.0 Å². The van der Waals surface area contributed by atoms with Crippen molar-refractivity contribution in [2.75, 3.05) is 31.6 Å². The van der Waals surface area contributed by atoms with Crippen LogP contribution in [0.5, 0.6) is 0 Å². The van der Waals surface area contributed by atoms with Gasteiger partial charge in [0.2, 0.25) is 5.95 Å². The van der Waals surface area contributed by atoms with Crippen LogP contribution in [-0.4, -0.2) is 53.3 Å². The fraction of sp³-hybridized carbons (Fsp3) is 0.556. The summed E-state index contributed by atoms with van der Waals surface area (Å²) in [6, 6.07) is 4.22. The molecule has 2 aromatic rings. The van der Waals surface area contributed by atoms with Crippen LogP contribution in [0.4, 0.5) is 5.95 Å². The van der Waals surface area contributed by atoms with Crippen molar-refractivity contribution in [1.82, 2.24) is 14.9 Å². The topological polar surface area (TPSA) is 54.6 Å².